The first-order valence-corrected chi connectivity index (χ1v) is 7.51. The number of halogens is 2. The van der Waals surface area contributed by atoms with Gasteiger partial charge in [-0.15, -0.1) is 11.6 Å². The van der Waals surface area contributed by atoms with Gasteiger partial charge < -0.3 is 8.98 Å². The number of nitrogens with zero attached hydrogens (tertiary/aromatic N) is 3. The first kappa shape index (κ1) is 13.6. The lowest BCUT2D eigenvalue weighted by molar-refractivity contribution is 0.443. The van der Waals surface area contributed by atoms with Crippen molar-refractivity contribution in [3.63, 3.8) is 0 Å². The van der Waals surface area contributed by atoms with Crippen molar-refractivity contribution in [2.45, 2.75) is 25.3 Å². The summed E-state index contributed by atoms with van der Waals surface area (Å²) in [5, 5.41) is -0.208. The summed E-state index contributed by atoms with van der Waals surface area (Å²) in [4.78, 5) is 9.07. The summed E-state index contributed by atoms with van der Waals surface area (Å²) in [5.41, 5.74) is 1.62. The van der Waals surface area contributed by atoms with Gasteiger partial charge in [-0.25, -0.2) is 9.97 Å². The van der Waals surface area contributed by atoms with Crippen LogP contribution in [0.2, 0.25) is 0 Å². The van der Waals surface area contributed by atoms with Crippen LogP contribution in [0.1, 0.15) is 36.9 Å². The number of hydrogen-bond acceptors (Lipinski definition) is 3. The maximum absolute atomic E-state index is 6.27. The molecule has 0 saturated carbocycles. The summed E-state index contributed by atoms with van der Waals surface area (Å²) in [6.07, 6.45) is 3.43. The standard InChI is InChI=1S/C14H13BrClN3O/c1-8(16)13-18-11-6-10(15)7-17-14(11)19(13)9(2)12-4-3-5-20-12/h3-9H,1-2H3. The van der Waals surface area contributed by atoms with Gasteiger partial charge in [0.1, 0.15) is 17.1 Å². The smallest absolute Gasteiger partial charge is 0.160 e. The highest BCUT2D eigenvalue weighted by atomic mass is 79.9. The zero-order valence-corrected chi connectivity index (χ0v) is 13.4. The second-order valence-corrected chi connectivity index (χ2v) is 6.21. The van der Waals surface area contributed by atoms with Crippen molar-refractivity contribution in [1.29, 1.82) is 0 Å². The zero-order valence-electron chi connectivity index (χ0n) is 11.0. The van der Waals surface area contributed by atoms with Crippen molar-refractivity contribution < 1.29 is 4.42 Å². The van der Waals surface area contributed by atoms with Crippen molar-refractivity contribution in [1.82, 2.24) is 14.5 Å². The minimum absolute atomic E-state index is 0.0140. The van der Waals surface area contributed by atoms with E-state index in [-0.39, 0.29) is 11.4 Å². The molecule has 0 aliphatic heterocycles. The van der Waals surface area contributed by atoms with Crippen LogP contribution in [0.15, 0.2) is 39.5 Å². The first-order valence-electron chi connectivity index (χ1n) is 6.28. The topological polar surface area (TPSA) is 43.9 Å². The van der Waals surface area contributed by atoms with Crippen LogP contribution >= 0.6 is 27.5 Å². The normalized spacial score (nSPS) is 14.6. The molecule has 0 fully saturated rings. The summed E-state index contributed by atoms with van der Waals surface area (Å²) in [5.74, 6) is 1.64. The van der Waals surface area contributed by atoms with Crippen LogP contribution in [-0.4, -0.2) is 14.5 Å². The fourth-order valence-corrected chi connectivity index (χ4v) is 2.77. The monoisotopic (exact) mass is 353 g/mol. The minimum Gasteiger partial charge on any atom is -0.467 e. The van der Waals surface area contributed by atoms with Gasteiger partial charge in [0.15, 0.2) is 5.65 Å². The molecule has 0 spiro atoms. The Morgan fingerprint density at radius 3 is 2.85 bits per heavy atom. The van der Waals surface area contributed by atoms with Crippen molar-refractivity contribution in [3.8, 4) is 0 Å². The average Bonchev–Trinajstić information content (AvgIpc) is 3.04. The Balaban J connectivity index is 2.24. The second-order valence-electron chi connectivity index (χ2n) is 4.64. The van der Waals surface area contributed by atoms with Gasteiger partial charge in [-0.2, -0.15) is 0 Å². The SMILES string of the molecule is CC(Cl)c1nc2cc(Br)cnc2n1C(C)c1ccco1. The number of alkyl halides is 1. The van der Waals surface area contributed by atoms with Gasteiger partial charge in [0, 0.05) is 10.7 Å². The molecule has 3 rings (SSSR count). The lowest BCUT2D eigenvalue weighted by atomic mass is 10.2. The third-order valence-corrected chi connectivity index (χ3v) is 3.85. The fraction of sp³-hybridized carbons (Fsp3) is 0.286. The van der Waals surface area contributed by atoms with Gasteiger partial charge in [-0.3, -0.25) is 0 Å². The molecule has 0 saturated heterocycles. The van der Waals surface area contributed by atoms with Gasteiger partial charge in [0.25, 0.3) is 0 Å². The van der Waals surface area contributed by atoms with E-state index in [9.17, 15) is 0 Å². The average molecular weight is 355 g/mol. The van der Waals surface area contributed by atoms with Gasteiger partial charge in [0.05, 0.1) is 17.7 Å². The highest BCUT2D eigenvalue weighted by Crippen LogP contribution is 2.31. The Morgan fingerprint density at radius 1 is 1.40 bits per heavy atom. The molecule has 3 aromatic heterocycles. The van der Waals surface area contributed by atoms with E-state index >= 15 is 0 Å². The molecule has 0 amide bonds. The van der Waals surface area contributed by atoms with E-state index in [0.717, 1.165) is 27.2 Å². The molecule has 3 heterocycles. The number of imidazole rings is 1. The molecule has 0 N–H and O–H groups in total. The Kier molecular flexibility index (Phi) is 3.56. The van der Waals surface area contributed by atoms with Gasteiger partial charge in [-0.05, 0) is 48.0 Å². The Morgan fingerprint density at radius 2 is 2.20 bits per heavy atom. The van der Waals surface area contributed by atoms with E-state index in [0.29, 0.717) is 0 Å². The number of rotatable bonds is 3. The van der Waals surface area contributed by atoms with E-state index < -0.39 is 0 Å². The molecule has 20 heavy (non-hydrogen) atoms. The summed E-state index contributed by atoms with van der Waals surface area (Å²) >= 11 is 9.69. The molecule has 2 unspecified atom stereocenters. The maximum Gasteiger partial charge on any atom is 0.160 e. The minimum atomic E-state index is -0.208. The van der Waals surface area contributed by atoms with Crippen molar-refractivity contribution in [3.05, 3.63) is 46.7 Å². The predicted molar refractivity (Wildman–Crippen MR) is 82.0 cm³/mol. The summed E-state index contributed by atoms with van der Waals surface area (Å²) in [7, 11) is 0. The van der Waals surface area contributed by atoms with Crippen molar-refractivity contribution >= 4 is 38.7 Å². The van der Waals surface area contributed by atoms with Gasteiger partial charge in [-0.1, -0.05) is 0 Å². The van der Waals surface area contributed by atoms with Crippen LogP contribution in [0, 0.1) is 0 Å². The Hall–Kier alpha value is -1.33. The predicted octanol–water partition coefficient (Wildman–Crippen LogP) is 4.70. The van der Waals surface area contributed by atoms with E-state index in [1.165, 1.54) is 0 Å². The molecule has 0 aromatic carbocycles. The van der Waals surface area contributed by atoms with Crippen LogP contribution in [0.25, 0.3) is 11.2 Å². The quantitative estimate of drug-likeness (QED) is 0.641. The number of aromatic nitrogens is 3. The van der Waals surface area contributed by atoms with Crippen molar-refractivity contribution in [2.24, 2.45) is 0 Å². The molecule has 4 nitrogen and oxygen atoms in total. The van der Waals surface area contributed by atoms with Crippen LogP contribution < -0.4 is 0 Å². The molecule has 3 aromatic rings. The molecule has 0 aliphatic rings. The summed E-state index contributed by atoms with van der Waals surface area (Å²) in [6.45, 7) is 3.95. The zero-order chi connectivity index (χ0) is 14.3. The molecule has 2 atom stereocenters. The number of fused-ring (bicyclic) bond motifs is 1. The maximum atomic E-state index is 6.27. The lowest BCUT2D eigenvalue weighted by Crippen LogP contribution is -2.11. The van der Waals surface area contributed by atoms with Crippen LogP contribution in [0.3, 0.4) is 0 Å². The first-order chi connectivity index (χ1) is 9.58. The fourth-order valence-electron chi connectivity index (χ4n) is 2.29. The molecule has 6 heteroatoms. The molecular weight excluding hydrogens is 342 g/mol. The van der Waals surface area contributed by atoms with Gasteiger partial charge in [0.2, 0.25) is 0 Å². The number of hydrogen-bond donors (Lipinski definition) is 0. The third kappa shape index (κ3) is 2.25. The van der Waals surface area contributed by atoms with E-state index in [1.54, 1.807) is 12.5 Å². The van der Waals surface area contributed by atoms with E-state index in [2.05, 4.69) is 25.9 Å². The van der Waals surface area contributed by atoms with E-state index in [1.807, 2.05) is 36.6 Å². The molecule has 0 bridgehead atoms. The van der Waals surface area contributed by atoms with E-state index in [4.69, 9.17) is 16.0 Å². The van der Waals surface area contributed by atoms with Crippen molar-refractivity contribution in [2.75, 3.05) is 0 Å². The van der Waals surface area contributed by atoms with Crippen LogP contribution in [-0.2, 0) is 0 Å². The van der Waals surface area contributed by atoms with Gasteiger partial charge >= 0.3 is 0 Å². The Bertz CT molecular complexity index is 736. The molecular formula is C14H13BrClN3O. The lowest BCUT2D eigenvalue weighted by Gasteiger charge is -2.15. The summed E-state index contributed by atoms with van der Waals surface area (Å²) < 4.78 is 8.42. The number of pyridine rings is 1. The third-order valence-electron chi connectivity index (χ3n) is 3.22. The highest BCUT2D eigenvalue weighted by molar-refractivity contribution is 9.10. The van der Waals surface area contributed by atoms with Crippen LogP contribution in [0.4, 0.5) is 0 Å². The highest BCUT2D eigenvalue weighted by Gasteiger charge is 2.22. The largest absolute Gasteiger partial charge is 0.467 e. The Labute approximate surface area is 129 Å². The molecule has 0 aliphatic carbocycles. The molecule has 0 radical (unpaired) electrons. The molecule has 104 valence electrons. The number of furan rings is 1. The summed E-state index contributed by atoms with van der Waals surface area (Å²) in [6, 6.07) is 5.74. The second kappa shape index (κ2) is 5.22. The van der Waals surface area contributed by atoms with Crippen LogP contribution in [0.5, 0.6) is 0 Å².